The number of hydrogen-bond acceptors (Lipinski definition) is 3. The van der Waals surface area contributed by atoms with E-state index in [1.165, 1.54) is 0 Å². The molecule has 0 aliphatic carbocycles. The number of rotatable bonds is 6. The van der Waals surface area contributed by atoms with Crippen LogP contribution in [0.15, 0.2) is 0 Å². The van der Waals surface area contributed by atoms with Gasteiger partial charge in [-0.15, -0.1) is 0 Å². The van der Waals surface area contributed by atoms with Crippen molar-refractivity contribution < 1.29 is 19.4 Å². The molecule has 0 aromatic rings. The topological polar surface area (TPSA) is 75.6 Å². The second kappa shape index (κ2) is 5.59. The van der Waals surface area contributed by atoms with E-state index in [-0.39, 0.29) is 18.7 Å². The molecule has 0 spiro atoms. The van der Waals surface area contributed by atoms with Gasteiger partial charge in [0, 0.05) is 13.5 Å². The first-order valence-corrected chi connectivity index (χ1v) is 4.39. The summed E-state index contributed by atoms with van der Waals surface area (Å²) in [5.74, 6) is -1.24. The van der Waals surface area contributed by atoms with Crippen LogP contribution >= 0.6 is 0 Å². The van der Waals surface area contributed by atoms with Crippen molar-refractivity contribution in [3.05, 3.63) is 0 Å². The lowest BCUT2D eigenvalue weighted by molar-refractivity contribution is -0.139. The van der Waals surface area contributed by atoms with E-state index in [1.807, 2.05) is 13.8 Å². The molecule has 0 unspecified atom stereocenters. The first-order chi connectivity index (χ1) is 6.37. The molecule has 82 valence electrons. The highest BCUT2D eigenvalue weighted by atomic mass is 16.5. The van der Waals surface area contributed by atoms with Crippen LogP contribution in [0, 0.1) is 0 Å². The van der Waals surface area contributed by atoms with Gasteiger partial charge in [-0.1, -0.05) is 0 Å². The summed E-state index contributed by atoms with van der Waals surface area (Å²) in [6.07, 6.45) is -0.141. The molecule has 5 nitrogen and oxygen atoms in total. The molecule has 0 saturated carbocycles. The van der Waals surface area contributed by atoms with Gasteiger partial charge >= 0.3 is 5.97 Å². The molecular weight excluding hydrogens is 186 g/mol. The zero-order valence-electron chi connectivity index (χ0n) is 8.79. The van der Waals surface area contributed by atoms with Crippen LogP contribution in [0.4, 0.5) is 0 Å². The number of carbonyl (C=O) groups is 2. The van der Waals surface area contributed by atoms with E-state index in [0.717, 1.165) is 0 Å². The molecule has 0 radical (unpaired) electrons. The third kappa shape index (κ3) is 6.42. The Morgan fingerprint density at radius 2 is 1.93 bits per heavy atom. The number of hydrogen-bond donors (Lipinski definition) is 2. The van der Waals surface area contributed by atoms with Crippen LogP contribution in [0.5, 0.6) is 0 Å². The third-order valence-corrected chi connectivity index (χ3v) is 1.55. The molecule has 0 saturated heterocycles. The van der Waals surface area contributed by atoms with Crippen molar-refractivity contribution >= 4 is 11.9 Å². The normalized spacial score (nSPS) is 11.1. The third-order valence-electron chi connectivity index (χ3n) is 1.55. The fourth-order valence-corrected chi connectivity index (χ4v) is 1.06. The zero-order valence-corrected chi connectivity index (χ0v) is 8.79. The fourth-order valence-electron chi connectivity index (χ4n) is 1.06. The number of nitrogens with one attached hydrogen (secondary N) is 1. The van der Waals surface area contributed by atoms with Gasteiger partial charge < -0.3 is 15.2 Å². The van der Waals surface area contributed by atoms with Crippen LogP contribution in [-0.2, 0) is 14.3 Å². The van der Waals surface area contributed by atoms with E-state index in [1.54, 1.807) is 7.11 Å². The minimum atomic E-state index is -0.968. The lowest BCUT2D eigenvalue weighted by atomic mass is 10.1. The summed E-state index contributed by atoms with van der Waals surface area (Å²) in [6, 6.07) is 0. The molecule has 1 amide bonds. The monoisotopic (exact) mass is 203 g/mol. The van der Waals surface area contributed by atoms with Gasteiger partial charge in [0.15, 0.2) is 0 Å². The number of aliphatic carboxylic acids is 1. The second-order valence-electron chi connectivity index (χ2n) is 3.76. The number of carbonyl (C=O) groups excluding carboxylic acids is 1. The molecular formula is C9H17NO4. The Hall–Kier alpha value is -1.10. The molecule has 0 aromatic carbocycles. The Balaban J connectivity index is 3.86. The molecule has 0 aromatic heterocycles. The average Bonchev–Trinajstić information content (AvgIpc) is 1.99. The average molecular weight is 203 g/mol. The van der Waals surface area contributed by atoms with Crippen molar-refractivity contribution in [2.45, 2.75) is 32.2 Å². The van der Waals surface area contributed by atoms with Gasteiger partial charge in [0.1, 0.15) is 0 Å². The number of ether oxygens (including phenoxy) is 1. The van der Waals surface area contributed by atoms with Crippen molar-refractivity contribution in [1.82, 2.24) is 5.32 Å². The number of carboxylic acid groups (broad SMARTS) is 1. The Morgan fingerprint density at radius 3 is 2.36 bits per heavy atom. The standard InChI is InChI=1S/C9H17NO4/c1-9(2,6-14-3)10-7(11)4-5-8(12)13/h4-6H2,1-3H3,(H,10,11)(H,12,13). The summed E-state index contributed by atoms with van der Waals surface area (Å²) in [7, 11) is 1.55. The summed E-state index contributed by atoms with van der Waals surface area (Å²) in [4.78, 5) is 21.4. The Morgan fingerprint density at radius 1 is 1.36 bits per heavy atom. The Labute approximate surface area is 83.4 Å². The smallest absolute Gasteiger partial charge is 0.303 e. The van der Waals surface area contributed by atoms with E-state index < -0.39 is 11.5 Å². The van der Waals surface area contributed by atoms with E-state index in [4.69, 9.17) is 9.84 Å². The van der Waals surface area contributed by atoms with Crippen molar-refractivity contribution in [2.24, 2.45) is 0 Å². The lowest BCUT2D eigenvalue weighted by Crippen LogP contribution is -2.46. The highest BCUT2D eigenvalue weighted by Crippen LogP contribution is 2.03. The summed E-state index contributed by atoms with van der Waals surface area (Å²) >= 11 is 0. The van der Waals surface area contributed by atoms with Crippen LogP contribution < -0.4 is 5.32 Å². The van der Waals surface area contributed by atoms with E-state index in [2.05, 4.69) is 5.32 Å². The maximum Gasteiger partial charge on any atom is 0.303 e. The predicted molar refractivity (Wildman–Crippen MR) is 51.0 cm³/mol. The fraction of sp³-hybridized carbons (Fsp3) is 0.778. The predicted octanol–water partition coefficient (Wildman–Crippen LogP) is 0.392. The first-order valence-electron chi connectivity index (χ1n) is 4.39. The van der Waals surface area contributed by atoms with Crippen molar-refractivity contribution in [2.75, 3.05) is 13.7 Å². The van der Waals surface area contributed by atoms with Crippen molar-refractivity contribution in [3.63, 3.8) is 0 Å². The molecule has 0 fully saturated rings. The van der Waals surface area contributed by atoms with Gasteiger partial charge in [0.25, 0.3) is 0 Å². The van der Waals surface area contributed by atoms with Gasteiger partial charge in [0.05, 0.1) is 18.6 Å². The first kappa shape index (κ1) is 12.9. The summed E-state index contributed by atoms with van der Waals surface area (Å²) in [5.41, 5.74) is -0.454. The van der Waals surface area contributed by atoms with Crippen LogP contribution in [-0.4, -0.2) is 36.2 Å². The largest absolute Gasteiger partial charge is 0.481 e. The zero-order chi connectivity index (χ0) is 11.2. The number of methoxy groups -OCH3 is 1. The minimum Gasteiger partial charge on any atom is -0.481 e. The van der Waals surface area contributed by atoms with Crippen LogP contribution in [0.25, 0.3) is 0 Å². The molecule has 2 N–H and O–H groups in total. The van der Waals surface area contributed by atoms with Gasteiger partial charge in [-0.25, -0.2) is 0 Å². The number of amides is 1. The maximum atomic E-state index is 11.2. The SMILES string of the molecule is COCC(C)(C)NC(=O)CCC(=O)O. The molecule has 5 heteroatoms. The minimum absolute atomic E-state index is 0.00246. The highest BCUT2D eigenvalue weighted by Gasteiger charge is 2.20. The quantitative estimate of drug-likeness (QED) is 0.655. The van der Waals surface area contributed by atoms with E-state index in [0.29, 0.717) is 6.61 Å². The number of carboxylic acids is 1. The Bertz CT molecular complexity index is 213. The Kier molecular flexibility index (Phi) is 5.15. The maximum absolute atomic E-state index is 11.2. The van der Waals surface area contributed by atoms with Gasteiger partial charge in [-0.3, -0.25) is 9.59 Å². The van der Waals surface area contributed by atoms with Crippen LogP contribution in [0.3, 0.4) is 0 Å². The van der Waals surface area contributed by atoms with Crippen molar-refractivity contribution in [1.29, 1.82) is 0 Å². The van der Waals surface area contributed by atoms with Gasteiger partial charge in [0.2, 0.25) is 5.91 Å². The summed E-state index contributed by atoms with van der Waals surface area (Å²) in [5, 5.41) is 11.0. The van der Waals surface area contributed by atoms with Crippen LogP contribution in [0.2, 0.25) is 0 Å². The lowest BCUT2D eigenvalue weighted by Gasteiger charge is -2.25. The molecule has 0 aliphatic rings. The second-order valence-corrected chi connectivity index (χ2v) is 3.76. The molecule has 0 aliphatic heterocycles. The summed E-state index contributed by atoms with van der Waals surface area (Å²) in [6.45, 7) is 4.02. The van der Waals surface area contributed by atoms with Gasteiger partial charge in [-0.05, 0) is 13.8 Å². The molecule has 14 heavy (non-hydrogen) atoms. The molecule has 0 atom stereocenters. The van der Waals surface area contributed by atoms with E-state index in [9.17, 15) is 9.59 Å². The van der Waals surface area contributed by atoms with Gasteiger partial charge in [-0.2, -0.15) is 0 Å². The summed E-state index contributed by atoms with van der Waals surface area (Å²) < 4.78 is 4.90. The van der Waals surface area contributed by atoms with Crippen molar-refractivity contribution in [3.8, 4) is 0 Å². The molecule has 0 heterocycles. The molecule has 0 bridgehead atoms. The van der Waals surface area contributed by atoms with E-state index >= 15 is 0 Å². The van der Waals surface area contributed by atoms with Crippen LogP contribution in [0.1, 0.15) is 26.7 Å². The molecule has 0 rings (SSSR count). The highest BCUT2D eigenvalue weighted by molar-refractivity contribution is 5.81.